The molecule has 1 heterocycles. The van der Waals surface area contributed by atoms with E-state index in [1.807, 2.05) is 0 Å². The van der Waals surface area contributed by atoms with Crippen molar-refractivity contribution in [2.45, 2.75) is 51.0 Å². The molecule has 2 aliphatic rings. The fourth-order valence-corrected chi connectivity index (χ4v) is 2.91. The molecule has 2 nitrogen and oxygen atoms in total. The van der Waals surface area contributed by atoms with Crippen LogP contribution in [0.15, 0.2) is 35.3 Å². The average Bonchev–Trinajstić information content (AvgIpc) is 3.23. The largest absolute Gasteiger partial charge is 0.367 e. The molecule has 1 unspecified atom stereocenters. The van der Waals surface area contributed by atoms with Crippen LogP contribution < -0.4 is 5.32 Å². The molecule has 1 aromatic rings. The second-order valence-corrected chi connectivity index (χ2v) is 5.86. The molecular weight excluding hydrogens is 232 g/mol. The topological polar surface area (TPSA) is 24.4 Å². The third-order valence-electron chi connectivity index (χ3n) is 4.20. The maximum Gasteiger partial charge on any atom is 0.0967 e. The summed E-state index contributed by atoms with van der Waals surface area (Å²) in [5.41, 5.74) is 1.43. The van der Waals surface area contributed by atoms with Crippen molar-refractivity contribution >= 4 is 5.84 Å². The zero-order valence-corrected chi connectivity index (χ0v) is 11.6. The minimum atomic E-state index is 0.486. The summed E-state index contributed by atoms with van der Waals surface area (Å²) in [4.78, 5) is 4.76. The van der Waals surface area contributed by atoms with E-state index in [1.54, 1.807) is 0 Å². The van der Waals surface area contributed by atoms with Crippen LogP contribution in [0.5, 0.6) is 0 Å². The summed E-state index contributed by atoms with van der Waals surface area (Å²) in [5.74, 6) is 2.07. The van der Waals surface area contributed by atoms with Crippen LogP contribution in [-0.2, 0) is 0 Å². The molecule has 19 heavy (non-hydrogen) atoms. The van der Waals surface area contributed by atoms with Gasteiger partial charge in [-0.25, -0.2) is 0 Å². The Morgan fingerprint density at radius 3 is 2.58 bits per heavy atom. The van der Waals surface area contributed by atoms with Gasteiger partial charge in [0.2, 0.25) is 0 Å². The van der Waals surface area contributed by atoms with E-state index in [9.17, 15) is 0 Å². The summed E-state index contributed by atoms with van der Waals surface area (Å²) in [7, 11) is 0. The van der Waals surface area contributed by atoms with E-state index in [4.69, 9.17) is 4.99 Å². The molecule has 1 fully saturated rings. The number of hydrogen-bond acceptors (Lipinski definition) is 2. The van der Waals surface area contributed by atoms with Gasteiger partial charge in [0.25, 0.3) is 0 Å². The Morgan fingerprint density at radius 1 is 1.00 bits per heavy atom. The highest BCUT2D eigenvalue weighted by Crippen LogP contribution is 2.41. The van der Waals surface area contributed by atoms with Gasteiger partial charge in [-0.15, -0.1) is 0 Å². The number of nitrogens with one attached hydrogen (secondary N) is 1. The number of rotatable bonds is 3. The van der Waals surface area contributed by atoms with Gasteiger partial charge in [0, 0.05) is 13.0 Å². The summed E-state index contributed by atoms with van der Waals surface area (Å²) < 4.78 is 0. The Morgan fingerprint density at radius 2 is 1.79 bits per heavy atom. The van der Waals surface area contributed by atoms with Crippen molar-refractivity contribution in [3.05, 3.63) is 35.9 Å². The van der Waals surface area contributed by atoms with Crippen LogP contribution in [0.25, 0.3) is 0 Å². The van der Waals surface area contributed by atoms with Crippen LogP contribution in [0.4, 0.5) is 0 Å². The highest BCUT2D eigenvalue weighted by atomic mass is 15.0. The lowest BCUT2D eigenvalue weighted by atomic mass is 10.0. The standard InChI is InChI=1S/C17H24N2/c1-2-7-13-18-16(10-6-1)19-17(15-11-12-15)14-8-4-3-5-9-14/h3-5,8-9,15,17H,1-2,6-7,10-13H2,(H,18,19). The van der Waals surface area contributed by atoms with Gasteiger partial charge in [0.05, 0.1) is 11.9 Å². The highest BCUT2D eigenvalue weighted by Gasteiger charge is 2.32. The molecule has 1 aromatic carbocycles. The van der Waals surface area contributed by atoms with Crippen LogP contribution in [0.1, 0.15) is 56.6 Å². The van der Waals surface area contributed by atoms with Crippen molar-refractivity contribution < 1.29 is 0 Å². The molecule has 0 spiro atoms. The van der Waals surface area contributed by atoms with Crippen LogP contribution in [0, 0.1) is 5.92 Å². The molecule has 0 saturated heterocycles. The molecule has 0 bridgehead atoms. The third-order valence-corrected chi connectivity index (χ3v) is 4.20. The predicted molar refractivity (Wildman–Crippen MR) is 80.4 cm³/mol. The molecule has 0 aromatic heterocycles. The Hall–Kier alpha value is -1.31. The first-order chi connectivity index (χ1) is 9.43. The third kappa shape index (κ3) is 3.59. The summed E-state index contributed by atoms with van der Waals surface area (Å²) in [6.07, 6.45) is 9.11. The summed E-state index contributed by atoms with van der Waals surface area (Å²) in [6.45, 7) is 1.01. The maximum atomic E-state index is 4.76. The Bertz CT molecular complexity index is 420. The van der Waals surface area contributed by atoms with Gasteiger partial charge in [-0.05, 0) is 37.2 Å². The fraction of sp³-hybridized carbons (Fsp3) is 0.588. The number of benzene rings is 1. The van der Waals surface area contributed by atoms with E-state index in [0.717, 1.165) is 18.9 Å². The first-order valence-corrected chi connectivity index (χ1v) is 7.78. The van der Waals surface area contributed by atoms with E-state index in [1.165, 1.54) is 49.9 Å². The van der Waals surface area contributed by atoms with Crippen LogP contribution in [0.2, 0.25) is 0 Å². The van der Waals surface area contributed by atoms with Gasteiger partial charge in [-0.3, -0.25) is 4.99 Å². The second kappa shape index (κ2) is 6.23. The van der Waals surface area contributed by atoms with Gasteiger partial charge < -0.3 is 5.32 Å². The molecular formula is C17H24N2. The van der Waals surface area contributed by atoms with Gasteiger partial charge in [0.1, 0.15) is 0 Å². The number of nitrogens with zero attached hydrogens (tertiary/aromatic N) is 1. The molecule has 0 amide bonds. The van der Waals surface area contributed by atoms with Crippen molar-refractivity contribution in [2.24, 2.45) is 10.9 Å². The Balaban J connectivity index is 1.70. The maximum absolute atomic E-state index is 4.76. The van der Waals surface area contributed by atoms with E-state index >= 15 is 0 Å². The molecule has 1 aliphatic heterocycles. The van der Waals surface area contributed by atoms with E-state index < -0.39 is 0 Å². The Labute approximate surface area is 116 Å². The van der Waals surface area contributed by atoms with E-state index in [0.29, 0.717) is 6.04 Å². The first-order valence-electron chi connectivity index (χ1n) is 7.78. The molecule has 1 aliphatic carbocycles. The normalized spacial score (nSPS) is 22.0. The van der Waals surface area contributed by atoms with Crippen LogP contribution >= 0.6 is 0 Å². The summed E-state index contributed by atoms with van der Waals surface area (Å²) in [6, 6.07) is 11.4. The first kappa shape index (κ1) is 12.7. The molecule has 0 radical (unpaired) electrons. The zero-order valence-electron chi connectivity index (χ0n) is 11.6. The summed E-state index contributed by atoms with van der Waals surface area (Å²) >= 11 is 0. The zero-order chi connectivity index (χ0) is 12.9. The van der Waals surface area contributed by atoms with Gasteiger partial charge in [-0.2, -0.15) is 0 Å². The number of amidine groups is 1. The van der Waals surface area contributed by atoms with E-state index in [2.05, 4.69) is 35.6 Å². The van der Waals surface area contributed by atoms with Crippen molar-refractivity contribution in [1.29, 1.82) is 0 Å². The fourth-order valence-electron chi connectivity index (χ4n) is 2.91. The quantitative estimate of drug-likeness (QED) is 0.865. The van der Waals surface area contributed by atoms with Crippen LogP contribution in [0.3, 0.4) is 0 Å². The second-order valence-electron chi connectivity index (χ2n) is 5.86. The van der Waals surface area contributed by atoms with Crippen LogP contribution in [-0.4, -0.2) is 12.4 Å². The molecule has 1 N–H and O–H groups in total. The minimum absolute atomic E-state index is 0.486. The van der Waals surface area contributed by atoms with Gasteiger partial charge in [-0.1, -0.05) is 43.2 Å². The van der Waals surface area contributed by atoms with Crippen molar-refractivity contribution in [1.82, 2.24) is 5.32 Å². The van der Waals surface area contributed by atoms with Crippen molar-refractivity contribution in [2.75, 3.05) is 6.54 Å². The molecule has 1 atom stereocenters. The number of aliphatic imine (C=N–C) groups is 1. The van der Waals surface area contributed by atoms with E-state index in [-0.39, 0.29) is 0 Å². The molecule has 102 valence electrons. The summed E-state index contributed by atoms with van der Waals surface area (Å²) in [5, 5.41) is 3.75. The molecule has 2 heteroatoms. The number of hydrogen-bond donors (Lipinski definition) is 1. The lowest BCUT2D eigenvalue weighted by Crippen LogP contribution is -2.30. The smallest absolute Gasteiger partial charge is 0.0967 e. The molecule has 1 saturated carbocycles. The lowest BCUT2D eigenvalue weighted by Gasteiger charge is -2.22. The monoisotopic (exact) mass is 256 g/mol. The lowest BCUT2D eigenvalue weighted by molar-refractivity contribution is 0.551. The average molecular weight is 256 g/mol. The molecule has 3 rings (SSSR count). The minimum Gasteiger partial charge on any atom is -0.367 e. The Kier molecular flexibility index (Phi) is 4.16. The highest BCUT2D eigenvalue weighted by molar-refractivity contribution is 5.82. The van der Waals surface area contributed by atoms with Gasteiger partial charge in [0.15, 0.2) is 0 Å². The predicted octanol–water partition coefficient (Wildman–Crippen LogP) is 4.09. The van der Waals surface area contributed by atoms with Gasteiger partial charge >= 0.3 is 0 Å². The van der Waals surface area contributed by atoms with Crippen molar-refractivity contribution in [3.63, 3.8) is 0 Å². The SMILES string of the molecule is c1ccc(C(NC2=NCCCCCC2)C2CC2)cc1. The van der Waals surface area contributed by atoms with Crippen molar-refractivity contribution in [3.8, 4) is 0 Å².